The van der Waals surface area contributed by atoms with Gasteiger partial charge in [0, 0.05) is 19.0 Å². The van der Waals surface area contributed by atoms with Gasteiger partial charge in [0.1, 0.15) is 6.61 Å². The first-order chi connectivity index (χ1) is 16.0. The van der Waals surface area contributed by atoms with E-state index in [0.29, 0.717) is 13.0 Å². The molecule has 174 valence electrons. The summed E-state index contributed by atoms with van der Waals surface area (Å²) in [6.07, 6.45) is -0.133. The molecule has 2 aliphatic rings. The predicted octanol–water partition coefficient (Wildman–Crippen LogP) is 2.86. The molecule has 0 aromatic heterocycles. The van der Waals surface area contributed by atoms with Gasteiger partial charge >= 0.3 is 12.1 Å². The topological polar surface area (TPSA) is 105 Å². The van der Waals surface area contributed by atoms with Crippen LogP contribution < -0.4 is 5.32 Å². The standard InChI is InChI=1S/C25H28N2O6/c1-2-16(23(28)27-11-12-32-15-22(27)24(29)30)13-26-25(31)33-14-21-19-9-5-3-7-17(19)18-8-4-6-10-20(18)21/h3-10,16,21-22H,2,11-15H2,1H3,(H,26,31)(H,29,30). The Kier molecular flexibility index (Phi) is 6.93. The zero-order chi connectivity index (χ0) is 23.4. The van der Waals surface area contributed by atoms with Gasteiger partial charge in [-0.15, -0.1) is 0 Å². The Bertz CT molecular complexity index is 994. The number of carbonyl (C=O) groups is 3. The molecular formula is C25H28N2O6. The van der Waals surface area contributed by atoms with Crippen LogP contribution in [0.3, 0.4) is 0 Å². The first-order valence-corrected chi connectivity index (χ1v) is 11.2. The molecule has 2 aromatic rings. The van der Waals surface area contributed by atoms with Gasteiger partial charge in [-0.1, -0.05) is 55.5 Å². The van der Waals surface area contributed by atoms with Crippen LogP contribution in [0.1, 0.15) is 30.4 Å². The van der Waals surface area contributed by atoms with Crippen molar-refractivity contribution >= 4 is 18.0 Å². The molecule has 4 rings (SSSR count). The summed E-state index contributed by atoms with van der Waals surface area (Å²) in [5.74, 6) is -1.98. The molecule has 0 bridgehead atoms. The molecule has 1 aliphatic heterocycles. The number of rotatable bonds is 7. The van der Waals surface area contributed by atoms with Gasteiger partial charge in [0.25, 0.3) is 0 Å². The van der Waals surface area contributed by atoms with Gasteiger partial charge in [-0.3, -0.25) is 4.79 Å². The van der Waals surface area contributed by atoms with E-state index in [4.69, 9.17) is 9.47 Å². The molecule has 2 unspecified atom stereocenters. The Hall–Kier alpha value is -3.39. The lowest BCUT2D eigenvalue weighted by atomic mass is 9.98. The van der Waals surface area contributed by atoms with Crippen molar-refractivity contribution in [3.05, 3.63) is 59.7 Å². The number of hydrogen-bond acceptors (Lipinski definition) is 5. The molecule has 2 atom stereocenters. The molecule has 8 nitrogen and oxygen atoms in total. The zero-order valence-corrected chi connectivity index (χ0v) is 18.5. The molecule has 2 aromatic carbocycles. The van der Waals surface area contributed by atoms with Crippen LogP contribution in [0.15, 0.2) is 48.5 Å². The molecule has 1 saturated heterocycles. The fourth-order valence-corrected chi connectivity index (χ4v) is 4.57. The summed E-state index contributed by atoms with van der Waals surface area (Å²) in [4.78, 5) is 38.2. The quantitative estimate of drug-likeness (QED) is 0.669. The van der Waals surface area contributed by atoms with Crippen molar-refractivity contribution in [1.29, 1.82) is 0 Å². The molecule has 0 spiro atoms. The van der Waals surface area contributed by atoms with Crippen molar-refractivity contribution in [1.82, 2.24) is 10.2 Å². The largest absolute Gasteiger partial charge is 0.480 e. The third-order valence-electron chi connectivity index (χ3n) is 6.38. The van der Waals surface area contributed by atoms with Crippen LogP contribution in [0.25, 0.3) is 11.1 Å². The van der Waals surface area contributed by atoms with Crippen molar-refractivity contribution in [2.24, 2.45) is 5.92 Å². The number of hydrogen-bond donors (Lipinski definition) is 2. The maximum atomic E-state index is 12.9. The van der Waals surface area contributed by atoms with E-state index in [9.17, 15) is 19.5 Å². The number of ether oxygens (including phenoxy) is 2. The van der Waals surface area contributed by atoms with Crippen molar-refractivity contribution in [2.75, 3.05) is 32.9 Å². The van der Waals surface area contributed by atoms with E-state index < -0.39 is 24.0 Å². The van der Waals surface area contributed by atoms with Gasteiger partial charge in [-0.05, 0) is 28.7 Å². The molecule has 8 heteroatoms. The van der Waals surface area contributed by atoms with E-state index in [1.54, 1.807) is 0 Å². The smallest absolute Gasteiger partial charge is 0.407 e. The summed E-state index contributed by atoms with van der Waals surface area (Å²) in [7, 11) is 0. The molecule has 1 aliphatic carbocycles. The highest BCUT2D eigenvalue weighted by atomic mass is 16.5. The highest BCUT2D eigenvalue weighted by Gasteiger charge is 2.36. The molecule has 0 radical (unpaired) electrons. The number of amides is 2. The van der Waals surface area contributed by atoms with Gasteiger partial charge in [-0.25, -0.2) is 9.59 Å². The average Bonchev–Trinajstić information content (AvgIpc) is 3.16. The van der Waals surface area contributed by atoms with E-state index >= 15 is 0 Å². The van der Waals surface area contributed by atoms with E-state index in [1.807, 2.05) is 43.3 Å². The SMILES string of the molecule is CCC(CNC(=O)OCC1c2ccccc2-c2ccccc21)C(=O)N1CCOCC1C(=O)O. The lowest BCUT2D eigenvalue weighted by Gasteiger charge is -2.35. The number of nitrogens with one attached hydrogen (secondary N) is 1. The van der Waals surface area contributed by atoms with Crippen LogP contribution >= 0.6 is 0 Å². The minimum Gasteiger partial charge on any atom is -0.480 e. The summed E-state index contributed by atoms with van der Waals surface area (Å²) in [5.41, 5.74) is 4.55. The second-order valence-corrected chi connectivity index (χ2v) is 8.27. The Morgan fingerprint density at radius 3 is 2.36 bits per heavy atom. The number of nitrogens with zero attached hydrogens (tertiary/aromatic N) is 1. The molecule has 1 fully saturated rings. The Morgan fingerprint density at radius 1 is 1.12 bits per heavy atom. The predicted molar refractivity (Wildman–Crippen MR) is 121 cm³/mol. The molecule has 2 N–H and O–H groups in total. The Balaban J connectivity index is 1.35. The monoisotopic (exact) mass is 452 g/mol. The number of carbonyl (C=O) groups excluding carboxylic acids is 2. The summed E-state index contributed by atoms with van der Waals surface area (Å²) >= 11 is 0. The minimum atomic E-state index is -1.10. The number of carboxylic acids is 1. The summed E-state index contributed by atoms with van der Waals surface area (Å²) in [5, 5.41) is 12.1. The molecule has 2 amide bonds. The highest BCUT2D eigenvalue weighted by Crippen LogP contribution is 2.44. The van der Waals surface area contributed by atoms with Crippen molar-refractivity contribution < 1.29 is 29.0 Å². The first kappa shape index (κ1) is 22.8. The number of morpholine rings is 1. The molecular weight excluding hydrogens is 424 g/mol. The second-order valence-electron chi connectivity index (χ2n) is 8.27. The number of fused-ring (bicyclic) bond motifs is 3. The fourth-order valence-electron chi connectivity index (χ4n) is 4.57. The number of benzene rings is 2. The van der Waals surface area contributed by atoms with Crippen LogP contribution in [0.5, 0.6) is 0 Å². The molecule has 1 heterocycles. The van der Waals surface area contributed by atoms with Gasteiger partial charge in [0.05, 0.1) is 19.1 Å². The van der Waals surface area contributed by atoms with Crippen LogP contribution in [0.4, 0.5) is 4.79 Å². The Morgan fingerprint density at radius 2 is 1.76 bits per heavy atom. The van der Waals surface area contributed by atoms with E-state index in [0.717, 1.165) is 22.3 Å². The van der Waals surface area contributed by atoms with Crippen LogP contribution in [0, 0.1) is 5.92 Å². The third-order valence-corrected chi connectivity index (χ3v) is 6.38. The van der Waals surface area contributed by atoms with Gasteiger partial charge < -0.3 is 24.8 Å². The zero-order valence-electron chi connectivity index (χ0n) is 18.5. The summed E-state index contributed by atoms with van der Waals surface area (Å²) < 4.78 is 10.7. The third kappa shape index (κ3) is 4.71. The minimum absolute atomic E-state index is 0.0304. The van der Waals surface area contributed by atoms with E-state index in [1.165, 1.54) is 4.90 Å². The van der Waals surface area contributed by atoms with Gasteiger partial charge in [-0.2, -0.15) is 0 Å². The average molecular weight is 453 g/mol. The molecule has 33 heavy (non-hydrogen) atoms. The summed E-state index contributed by atoms with van der Waals surface area (Å²) in [6.45, 7) is 2.59. The lowest BCUT2D eigenvalue weighted by molar-refractivity contribution is -0.160. The highest BCUT2D eigenvalue weighted by molar-refractivity contribution is 5.86. The van der Waals surface area contributed by atoms with Crippen molar-refractivity contribution in [3.8, 4) is 11.1 Å². The van der Waals surface area contributed by atoms with Crippen LogP contribution in [-0.4, -0.2) is 66.9 Å². The fraction of sp³-hybridized carbons (Fsp3) is 0.400. The van der Waals surface area contributed by atoms with Crippen LogP contribution in [0.2, 0.25) is 0 Å². The van der Waals surface area contributed by atoms with Crippen molar-refractivity contribution in [3.63, 3.8) is 0 Å². The summed E-state index contributed by atoms with van der Waals surface area (Å²) in [6, 6.07) is 15.2. The number of alkyl carbamates (subject to hydrolysis) is 1. The van der Waals surface area contributed by atoms with Gasteiger partial charge in [0.2, 0.25) is 5.91 Å². The second kappa shape index (κ2) is 10.0. The van der Waals surface area contributed by atoms with E-state index in [2.05, 4.69) is 17.4 Å². The number of aliphatic carboxylic acids is 1. The number of carboxylic acid groups (broad SMARTS) is 1. The molecule has 0 saturated carbocycles. The lowest BCUT2D eigenvalue weighted by Crippen LogP contribution is -2.55. The normalized spacial score (nSPS) is 18.2. The Labute approximate surface area is 192 Å². The van der Waals surface area contributed by atoms with Gasteiger partial charge in [0.15, 0.2) is 6.04 Å². The van der Waals surface area contributed by atoms with E-state index in [-0.39, 0.29) is 38.1 Å². The van der Waals surface area contributed by atoms with Crippen LogP contribution in [-0.2, 0) is 19.1 Å². The first-order valence-electron chi connectivity index (χ1n) is 11.2. The maximum Gasteiger partial charge on any atom is 0.407 e. The maximum absolute atomic E-state index is 12.9. The van der Waals surface area contributed by atoms with Crippen molar-refractivity contribution in [2.45, 2.75) is 25.3 Å².